The van der Waals surface area contributed by atoms with Gasteiger partial charge in [-0.15, -0.1) is 0 Å². The molecule has 0 saturated carbocycles. The van der Waals surface area contributed by atoms with Gasteiger partial charge in [0.25, 0.3) is 0 Å². The fourth-order valence-electron chi connectivity index (χ4n) is 5.38. The maximum absolute atomic E-state index is 12.0. The number of aryl methyl sites for hydroxylation is 2. The second-order valence-corrected chi connectivity index (χ2v) is 11.1. The molecule has 0 aliphatic heterocycles. The maximum atomic E-state index is 12.0. The molecule has 0 spiro atoms. The summed E-state index contributed by atoms with van der Waals surface area (Å²) in [6.45, 7) is 4.32. The van der Waals surface area contributed by atoms with Crippen molar-refractivity contribution in [1.82, 2.24) is 0 Å². The Hall–Kier alpha value is -4.86. The molecule has 2 heteroatoms. The summed E-state index contributed by atoms with van der Waals surface area (Å²) in [6, 6.07) is 42.8. The van der Waals surface area contributed by atoms with Crippen molar-refractivity contribution in [2.75, 3.05) is 0 Å². The second kappa shape index (κ2) is 14.1. The summed E-state index contributed by atoms with van der Waals surface area (Å²) in [7, 11) is 0. The molecule has 0 radical (unpaired) electrons. The van der Waals surface area contributed by atoms with Crippen molar-refractivity contribution in [1.29, 1.82) is 0 Å². The molecule has 0 heterocycles. The van der Waals surface area contributed by atoms with Crippen LogP contribution in [0.4, 0.5) is 0 Å². The number of benzene rings is 5. The first-order valence-electron chi connectivity index (χ1n) is 15.4. The molecule has 218 valence electrons. The lowest BCUT2D eigenvalue weighted by molar-refractivity contribution is 0.145. The van der Waals surface area contributed by atoms with Crippen LogP contribution in [-0.2, 0) is 24.0 Å². The first-order valence-corrected chi connectivity index (χ1v) is 15.4. The Kier molecular flexibility index (Phi) is 9.79. The monoisotopic (exact) mass is 574 g/mol. The van der Waals surface area contributed by atoms with Crippen LogP contribution in [0.3, 0.4) is 0 Å². The lowest BCUT2D eigenvalue weighted by atomic mass is 9.85. The predicted octanol–water partition coefficient (Wildman–Crippen LogP) is 8.17. The minimum atomic E-state index is -1.48. The van der Waals surface area contributed by atoms with Gasteiger partial charge in [0.1, 0.15) is 0 Å². The van der Waals surface area contributed by atoms with Gasteiger partial charge in [0, 0.05) is 33.4 Å². The summed E-state index contributed by atoms with van der Waals surface area (Å²) in [5.74, 6) is 12.8. The van der Waals surface area contributed by atoms with Crippen LogP contribution in [0, 0.1) is 23.7 Å². The number of aliphatic hydroxyl groups is 2. The first kappa shape index (κ1) is 30.6. The predicted molar refractivity (Wildman–Crippen MR) is 180 cm³/mol. The third-order valence-corrected chi connectivity index (χ3v) is 7.84. The fraction of sp³-hybridized carbons (Fsp3) is 0.190. The van der Waals surface area contributed by atoms with Gasteiger partial charge in [-0.1, -0.05) is 166 Å². The number of hydrogen-bond donors (Lipinski definition) is 2. The van der Waals surface area contributed by atoms with Gasteiger partial charge in [0.2, 0.25) is 0 Å². The van der Waals surface area contributed by atoms with Gasteiger partial charge in [0.15, 0.2) is 11.2 Å². The standard InChI is InChI=1S/C42H38O2/c1-3-12-33-20-24-39(25-21-33)41(43,37-16-7-5-8-17-37)30-28-35-14-11-15-36(32-35)29-31-42(44,38-18-9-6-10-19-38)40-26-22-34(13-4-2)23-27-40/h5-11,14-27,32,43-44H,3-4,12-13H2,1-2H3. The molecule has 2 atom stereocenters. The van der Waals surface area contributed by atoms with Gasteiger partial charge >= 0.3 is 0 Å². The van der Waals surface area contributed by atoms with Crippen molar-refractivity contribution in [3.63, 3.8) is 0 Å². The van der Waals surface area contributed by atoms with Crippen LogP contribution >= 0.6 is 0 Å². The van der Waals surface area contributed by atoms with E-state index in [1.165, 1.54) is 11.1 Å². The maximum Gasteiger partial charge on any atom is 0.177 e. The smallest absolute Gasteiger partial charge is 0.177 e. The van der Waals surface area contributed by atoms with Crippen LogP contribution in [0.15, 0.2) is 133 Å². The normalized spacial score (nSPS) is 13.4. The summed E-state index contributed by atoms with van der Waals surface area (Å²) in [5.41, 5.74) is 3.83. The minimum absolute atomic E-state index is 0.713. The van der Waals surface area contributed by atoms with E-state index in [1.54, 1.807) is 0 Å². The SMILES string of the molecule is CCCc1ccc(C(O)(C#Cc2cccc(C#CC(O)(c3ccccc3)c3ccc(CCC)cc3)c2)c2ccccc2)cc1. The second-order valence-electron chi connectivity index (χ2n) is 11.1. The van der Waals surface area contributed by atoms with E-state index < -0.39 is 11.2 Å². The number of rotatable bonds is 8. The molecule has 2 nitrogen and oxygen atoms in total. The lowest BCUT2D eigenvalue weighted by Crippen LogP contribution is -2.25. The van der Waals surface area contributed by atoms with Gasteiger partial charge in [0.05, 0.1) is 0 Å². The third kappa shape index (κ3) is 7.02. The zero-order valence-corrected chi connectivity index (χ0v) is 25.4. The molecule has 44 heavy (non-hydrogen) atoms. The zero-order valence-electron chi connectivity index (χ0n) is 25.4. The first-order chi connectivity index (χ1) is 21.4. The largest absolute Gasteiger partial charge is 0.369 e. The van der Waals surface area contributed by atoms with Crippen molar-refractivity contribution in [2.24, 2.45) is 0 Å². The molecule has 0 aliphatic carbocycles. The number of hydrogen-bond acceptors (Lipinski definition) is 2. The summed E-state index contributed by atoms with van der Waals surface area (Å²) < 4.78 is 0. The van der Waals surface area contributed by atoms with Crippen LogP contribution in [0.2, 0.25) is 0 Å². The Morgan fingerprint density at radius 1 is 0.455 bits per heavy atom. The molecule has 2 N–H and O–H groups in total. The molecule has 0 aliphatic rings. The van der Waals surface area contributed by atoms with Crippen LogP contribution in [0.1, 0.15) is 71.2 Å². The quantitative estimate of drug-likeness (QED) is 0.184. The highest BCUT2D eigenvalue weighted by atomic mass is 16.3. The van der Waals surface area contributed by atoms with Crippen molar-refractivity contribution in [3.05, 3.63) is 178 Å². The Bertz CT molecular complexity index is 1650. The van der Waals surface area contributed by atoms with E-state index in [0.29, 0.717) is 11.1 Å². The Labute approximate surface area is 262 Å². The van der Waals surface area contributed by atoms with E-state index in [-0.39, 0.29) is 0 Å². The van der Waals surface area contributed by atoms with Crippen molar-refractivity contribution >= 4 is 0 Å². The lowest BCUT2D eigenvalue weighted by Gasteiger charge is -2.24. The zero-order chi connectivity index (χ0) is 30.8. The van der Waals surface area contributed by atoms with Crippen LogP contribution < -0.4 is 0 Å². The Balaban J connectivity index is 1.50. The summed E-state index contributed by atoms with van der Waals surface area (Å²) in [6.07, 6.45) is 4.12. The summed E-state index contributed by atoms with van der Waals surface area (Å²) >= 11 is 0. The molecular formula is C42H38O2. The molecule has 0 bridgehead atoms. The van der Waals surface area contributed by atoms with Crippen molar-refractivity contribution in [3.8, 4) is 23.7 Å². The Morgan fingerprint density at radius 3 is 1.18 bits per heavy atom. The summed E-state index contributed by atoms with van der Waals surface area (Å²) in [5, 5.41) is 24.0. The highest BCUT2D eigenvalue weighted by molar-refractivity contribution is 5.52. The van der Waals surface area contributed by atoms with Gasteiger partial charge in [-0.05, 0) is 42.2 Å². The molecule has 0 saturated heterocycles. The van der Waals surface area contributed by atoms with E-state index in [1.807, 2.05) is 109 Å². The van der Waals surface area contributed by atoms with Gasteiger partial charge in [-0.25, -0.2) is 0 Å². The molecule has 0 aromatic heterocycles. The molecular weight excluding hydrogens is 536 g/mol. The van der Waals surface area contributed by atoms with E-state index in [2.05, 4.69) is 61.8 Å². The Morgan fingerprint density at radius 2 is 0.818 bits per heavy atom. The molecule has 5 aromatic carbocycles. The topological polar surface area (TPSA) is 40.5 Å². The van der Waals surface area contributed by atoms with Crippen molar-refractivity contribution < 1.29 is 10.2 Å². The van der Waals surface area contributed by atoms with Gasteiger partial charge in [-0.3, -0.25) is 0 Å². The third-order valence-electron chi connectivity index (χ3n) is 7.84. The van der Waals surface area contributed by atoms with E-state index in [9.17, 15) is 10.2 Å². The molecule has 5 aromatic rings. The van der Waals surface area contributed by atoms with Gasteiger partial charge in [-0.2, -0.15) is 0 Å². The molecule has 0 amide bonds. The minimum Gasteiger partial charge on any atom is -0.369 e. The van der Waals surface area contributed by atoms with Crippen molar-refractivity contribution in [2.45, 2.75) is 50.7 Å². The average molecular weight is 575 g/mol. The highest BCUT2D eigenvalue weighted by Crippen LogP contribution is 2.31. The molecule has 0 fully saturated rings. The van der Waals surface area contributed by atoms with E-state index in [0.717, 1.165) is 47.9 Å². The van der Waals surface area contributed by atoms with Crippen LogP contribution in [0.25, 0.3) is 0 Å². The van der Waals surface area contributed by atoms with Crippen LogP contribution in [0.5, 0.6) is 0 Å². The van der Waals surface area contributed by atoms with Crippen LogP contribution in [-0.4, -0.2) is 10.2 Å². The fourth-order valence-corrected chi connectivity index (χ4v) is 5.38. The average Bonchev–Trinajstić information content (AvgIpc) is 3.08. The van der Waals surface area contributed by atoms with E-state index >= 15 is 0 Å². The molecule has 2 unspecified atom stereocenters. The van der Waals surface area contributed by atoms with E-state index in [4.69, 9.17) is 0 Å². The highest BCUT2D eigenvalue weighted by Gasteiger charge is 2.30. The molecule has 5 rings (SSSR count). The summed E-state index contributed by atoms with van der Waals surface area (Å²) in [4.78, 5) is 0. The van der Waals surface area contributed by atoms with Gasteiger partial charge < -0.3 is 10.2 Å².